The summed E-state index contributed by atoms with van der Waals surface area (Å²) < 4.78 is 0. The lowest BCUT2D eigenvalue weighted by Gasteiger charge is -2.20. The van der Waals surface area contributed by atoms with E-state index in [2.05, 4.69) is 22.3 Å². The quantitative estimate of drug-likeness (QED) is 0.591. The van der Waals surface area contributed by atoms with Gasteiger partial charge in [0.25, 0.3) is 0 Å². The van der Waals surface area contributed by atoms with Gasteiger partial charge in [-0.1, -0.05) is 26.0 Å². The van der Waals surface area contributed by atoms with Crippen molar-refractivity contribution in [2.75, 3.05) is 18.4 Å². The molecule has 2 aromatic carbocycles. The molecule has 1 saturated heterocycles. The van der Waals surface area contributed by atoms with Crippen LogP contribution in [0.15, 0.2) is 36.4 Å². The maximum atomic E-state index is 10.2. The Morgan fingerprint density at radius 2 is 1.62 bits per heavy atom. The van der Waals surface area contributed by atoms with E-state index in [0.717, 1.165) is 17.8 Å². The molecular formula is C21H29N3O2. The van der Waals surface area contributed by atoms with Crippen molar-refractivity contribution in [3.63, 3.8) is 0 Å². The van der Waals surface area contributed by atoms with Crippen molar-refractivity contribution in [2.24, 2.45) is 5.73 Å². The van der Waals surface area contributed by atoms with E-state index in [1.165, 1.54) is 37.6 Å². The van der Waals surface area contributed by atoms with Crippen molar-refractivity contribution in [3.05, 3.63) is 53.1 Å². The number of likely N-dealkylation sites (tertiary alicyclic amines) is 1. The second-order valence-corrected chi connectivity index (χ2v) is 7.43. The molecule has 26 heavy (non-hydrogen) atoms. The molecule has 5 nitrogen and oxygen atoms in total. The number of nitrogens with two attached hydrogens (primary N) is 1. The van der Waals surface area contributed by atoms with Crippen LogP contribution in [0.25, 0.3) is 0 Å². The predicted molar refractivity (Wildman–Crippen MR) is 105 cm³/mol. The van der Waals surface area contributed by atoms with Crippen molar-refractivity contribution in [3.8, 4) is 11.5 Å². The van der Waals surface area contributed by atoms with Crippen LogP contribution in [0.4, 0.5) is 5.69 Å². The Morgan fingerprint density at radius 3 is 2.23 bits per heavy atom. The van der Waals surface area contributed by atoms with Gasteiger partial charge in [-0.15, -0.1) is 0 Å². The molecule has 1 atom stereocenters. The lowest BCUT2D eigenvalue weighted by molar-refractivity contribution is 0.331. The van der Waals surface area contributed by atoms with E-state index in [9.17, 15) is 10.2 Å². The van der Waals surface area contributed by atoms with Crippen LogP contribution < -0.4 is 11.1 Å². The lowest BCUT2D eigenvalue weighted by atomic mass is 9.98. The average Bonchev–Trinajstić information content (AvgIpc) is 3.09. The minimum absolute atomic E-state index is 0.00227. The van der Waals surface area contributed by atoms with Gasteiger partial charge in [0.1, 0.15) is 17.7 Å². The molecule has 0 saturated carbocycles. The molecule has 1 fully saturated rings. The van der Waals surface area contributed by atoms with E-state index < -0.39 is 6.17 Å². The molecule has 5 N–H and O–H groups in total. The summed E-state index contributed by atoms with van der Waals surface area (Å²) in [5, 5.41) is 23.4. The maximum Gasteiger partial charge on any atom is 0.125 e. The molecule has 0 radical (unpaired) electrons. The third-order valence-electron chi connectivity index (χ3n) is 5.01. The second-order valence-electron chi connectivity index (χ2n) is 7.43. The zero-order valence-corrected chi connectivity index (χ0v) is 15.6. The van der Waals surface area contributed by atoms with Crippen LogP contribution >= 0.6 is 0 Å². The van der Waals surface area contributed by atoms with Gasteiger partial charge in [-0.3, -0.25) is 4.90 Å². The largest absolute Gasteiger partial charge is 0.508 e. The van der Waals surface area contributed by atoms with Crippen LogP contribution in [0.5, 0.6) is 11.5 Å². The number of phenols is 2. The van der Waals surface area contributed by atoms with E-state index in [1.807, 2.05) is 26.0 Å². The van der Waals surface area contributed by atoms with Gasteiger partial charge >= 0.3 is 0 Å². The van der Waals surface area contributed by atoms with Gasteiger partial charge in [0.05, 0.1) is 0 Å². The summed E-state index contributed by atoms with van der Waals surface area (Å²) in [6.45, 7) is 7.34. The smallest absolute Gasteiger partial charge is 0.125 e. The summed E-state index contributed by atoms with van der Waals surface area (Å²) in [6, 6.07) is 11.4. The van der Waals surface area contributed by atoms with Gasteiger partial charge in [0.2, 0.25) is 0 Å². The Hall–Kier alpha value is -2.24. The fraction of sp³-hybridized carbons (Fsp3) is 0.429. The maximum absolute atomic E-state index is 10.2. The van der Waals surface area contributed by atoms with Gasteiger partial charge < -0.3 is 21.3 Å². The molecule has 1 aliphatic rings. The molecule has 1 aliphatic heterocycles. The highest BCUT2D eigenvalue weighted by molar-refractivity contribution is 5.52. The normalized spacial score (nSPS) is 16.2. The molecule has 3 rings (SSSR count). The van der Waals surface area contributed by atoms with Crippen molar-refractivity contribution in [1.82, 2.24) is 4.90 Å². The van der Waals surface area contributed by atoms with Crippen molar-refractivity contribution in [1.29, 1.82) is 0 Å². The van der Waals surface area contributed by atoms with Gasteiger partial charge in [-0.2, -0.15) is 0 Å². The first-order valence-electron chi connectivity index (χ1n) is 9.33. The molecule has 5 heteroatoms. The predicted octanol–water partition coefficient (Wildman–Crippen LogP) is 3.89. The third-order valence-corrected chi connectivity index (χ3v) is 5.01. The Kier molecular flexibility index (Phi) is 5.69. The van der Waals surface area contributed by atoms with E-state index in [0.29, 0.717) is 5.56 Å². The number of nitrogens with zero attached hydrogens (tertiary/aromatic N) is 1. The Bertz CT molecular complexity index is 738. The summed E-state index contributed by atoms with van der Waals surface area (Å²) in [6.07, 6.45) is 2.03. The van der Waals surface area contributed by atoms with Crippen LogP contribution in [0.1, 0.15) is 55.5 Å². The monoisotopic (exact) mass is 355 g/mol. The number of rotatable bonds is 6. The standard InChI is InChI=1S/C21H29N3O2/c1-14(2)17-11-18(20(26)12-19(17)25)21(22)23-16-7-5-15(6-8-16)13-24-9-3-4-10-24/h5-8,11-12,14,21,23,25-26H,3-4,9-10,13,22H2,1-2H3. The number of aromatic hydroxyl groups is 2. The minimum Gasteiger partial charge on any atom is -0.508 e. The zero-order chi connectivity index (χ0) is 18.7. The number of hydrogen-bond acceptors (Lipinski definition) is 5. The zero-order valence-electron chi connectivity index (χ0n) is 15.6. The molecule has 1 unspecified atom stereocenters. The van der Waals surface area contributed by atoms with Crippen LogP contribution in [0, 0.1) is 0 Å². The van der Waals surface area contributed by atoms with Crippen molar-refractivity contribution >= 4 is 5.69 Å². The molecule has 0 spiro atoms. The van der Waals surface area contributed by atoms with Crippen LogP contribution in [0.2, 0.25) is 0 Å². The summed E-state index contributed by atoms with van der Waals surface area (Å²) in [7, 11) is 0. The van der Waals surface area contributed by atoms with E-state index >= 15 is 0 Å². The first kappa shape index (κ1) is 18.5. The van der Waals surface area contributed by atoms with E-state index in [-0.39, 0.29) is 17.4 Å². The number of phenolic OH excluding ortho intramolecular Hbond substituents is 2. The highest BCUT2D eigenvalue weighted by Crippen LogP contribution is 2.34. The van der Waals surface area contributed by atoms with Gasteiger partial charge in [-0.05, 0) is 61.2 Å². The summed E-state index contributed by atoms with van der Waals surface area (Å²) in [4.78, 5) is 2.47. The molecule has 140 valence electrons. The van der Waals surface area contributed by atoms with Gasteiger partial charge in [0.15, 0.2) is 0 Å². The van der Waals surface area contributed by atoms with Gasteiger partial charge in [0, 0.05) is 23.9 Å². The second kappa shape index (κ2) is 7.98. The fourth-order valence-electron chi connectivity index (χ4n) is 3.49. The van der Waals surface area contributed by atoms with E-state index in [4.69, 9.17) is 5.73 Å². The summed E-state index contributed by atoms with van der Waals surface area (Å²) in [5.74, 6) is 0.240. The molecular weight excluding hydrogens is 326 g/mol. The molecule has 0 aliphatic carbocycles. The number of hydrogen-bond donors (Lipinski definition) is 4. The molecule has 2 aromatic rings. The molecule has 0 aromatic heterocycles. The number of nitrogens with one attached hydrogen (secondary N) is 1. The number of benzene rings is 2. The van der Waals surface area contributed by atoms with Crippen molar-refractivity contribution < 1.29 is 10.2 Å². The number of anilines is 1. The van der Waals surface area contributed by atoms with Crippen LogP contribution in [-0.4, -0.2) is 28.2 Å². The molecule has 0 bridgehead atoms. The molecule has 1 heterocycles. The average molecular weight is 355 g/mol. The van der Waals surface area contributed by atoms with E-state index in [1.54, 1.807) is 6.07 Å². The fourth-order valence-corrected chi connectivity index (χ4v) is 3.49. The van der Waals surface area contributed by atoms with Crippen LogP contribution in [-0.2, 0) is 6.54 Å². The summed E-state index contributed by atoms with van der Waals surface area (Å²) >= 11 is 0. The Balaban J connectivity index is 1.69. The summed E-state index contributed by atoms with van der Waals surface area (Å²) in [5.41, 5.74) is 9.80. The SMILES string of the molecule is CC(C)c1cc(C(N)Nc2ccc(CN3CCCC3)cc2)c(O)cc1O. The van der Waals surface area contributed by atoms with Gasteiger partial charge in [-0.25, -0.2) is 0 Å². The minimum atomic E-state index is -0.558. The Morgan fingerprint density at radius 1 is 1.00 bits per heavy atom. The Labute approximate surface area is 155 Å². The highest BCUT2D eigenvalue weighted by atomic mass is 16.3. The van der Waals surface area contributed by atoms with Crippen LogP contribution in [0.3, 0.4) is 0 Å². The first-order chi connectivity index (χ1) is 12.4. The third kappa shape index (κ3) is 4.29. The topological polar surface area (TPSA) is 81.8 Å². The first-order valence-corrected chi connectivity index (χ1v) is 9.33. The highest BCUT2D eigenvalue weighted by Gasteiger charge is 2.17. The lowest BCUT2D eigenvalue weighted by Crippen LogP contribution is -2.21. The van der Waals surface area contributed by atoms with Crippen molar-refractivity contribution in [2.45, 2.75) is 45.3 Å². The molecule has 0 amide bonds.